The Labute approximate surface area is 207 Å². The number of nitrogens with one attached hydrogen (secondary N) is 2. The summed E-state index contributed by atoms with van der Waals surface area (Å²) in [6.07, 6.45) is 0.0578. The van der Waals surface area contributed by atoms with Gasteiger partial charge in [0.2, 0.25) is 11.8 Å². The number of aromatic nitrogens is 1. The zero-order valence-electron chi connectivity index (χ0n) is 19.8. The summed E-state index contributed by atoms with van der Waals surface area (Å²) >= 11 is 1.19. The van der Waals surface area contributed by atoms with Crippen molar-refractivity contribution in [1.82, 2.24) is 9.88 Å². The van der Waals surface area contributed by atoms with E-state index in [2.05, 4.69) is 15.6 Å². The number of carbonyl (C=O) groups excluding carboxylic acids is 3. The maximum Gasteiger partial charge on any atom is 0.254 e. The molecule has 8 nitrogen and oxygen atoms in total. The molecule has 0 aliphatic rings. The second-order valence-electron chi connectivity index (χ2n) is 7.94. The smallest absolute Gasteiger partial charge is 0.254 e. The Morgan fingerprint density at radius 1 is 1.03 bits per heavy atom. The molecule has 2 N–H and O–H groups in total. The molecular formula is C25H27FN4O4S. The summed E-state index contributed by atoms with van der Waals surface area (Å²) in [5.74, 6) is -1.53. The molecule has 0 fully saturated rings. The molecule has 35 heavy (non-hydrogen) atoms. The second kappa shape index (κ2) is 12.2. The number of anilines is 2. The summed E-state index contributed by atoms with van der Waals surface area (Å²) in [5, 5.41) is 7.53. The molecule has 3 amide bonds. The number of carbonyl (C=O) groups is 3. The number of nitrogens with zero attached hydrogens (tertiary/aromatic N) is 2. The third-order valence-electron chi connectivity index (χ3n) is 5.21. The lowest BCUT2D eigenvalue weighted by Crippen LogP contribution is -2.40. The third-order valence-corrected chi connectivity index (χ3v) is 6.02. The lowest BCUT2D eigenvalue weighted by molar-refractivity contribution is -0.117. The summed E-state index contributed by atoms with van der Waals surface area (Å²) in [6, 6.07) is 10.8. The van der Waals surface area contributed by atoms with E-state index in [4.69, 9.17) is 4.74 Å². The van der Waals surface area contributed by atoms with Crippen LogP contribution in [0, 0.1) is 19.7 Å². The molecule has 0 saturated heterocycles. The van der Waals surface area contributed by atoms with Crippen molar-refractivity contribution in [2.24, 2.45) is 0 Å². The molecule has 0 spiro atoms. The molecule has 0 radical (unpaired) electrons. The summed E-state index contributed by atoms with van der Waals surface area (Å²) in [5.41, 5.74) is 3.72. The first-order valence-electron chi connectivity index (χ1n) is 10.9. The van der Waals surface area contributed by atoms with Crippen molar-refractivity contribution in [3.8, 4) is 0 Å². The molecule has 3 aromatic rings. The van der Waals surface area contributed by atoms with E-state index in [9.17, 15) is 18.8 Å². The van der Waals surface area contributed by atoms with E-state index in [1.54, 1.807) is 5.38 Å². The van der Waals surface area contributed by atoms with Gasteiger partial charge in [0.15, 0.2) is 5.13 Å². The number of benzene rings is 2. The molecule has 10 heteroatoms. The predicted octanol–water partition coefficient (Wildman–Crippen LogP) is 3.81. The Kier molecular flexibility index (Phi) is 9.04. The van der Waals surface area contributed by atoms with Gasteiger partial charge in [-0.25, -0.2) is 9.37 Å². The summed E-state index contributed by atoms with van der Waals surface area (Å²) < 4.78 is 18.2. The van der Waals surface area contributed by atoms with Crippen molar-refractivity contribution in [2.45, 2.75) is 20.3 Å². The molecule has 2 aromatic carbocycles. The molecule has 184 valence electrons. The van der Waals surface area contributed by atoms with Gasteiger partial charge < -0.3 is 20.3 Å². The van der Waals surface area contributed by atoms with Crippen LogP contribution in [0.2, 0.25) is 0 Å². The fourth-order valence-electron chi connectivity index (χ4n) is 3.20. The Bertz CT molecular complexity index is 1200. The molecule has 0 bridgehead atoms. The van der Waals surface area contributed by atoms with Gasteiger partial charge in [-0.15, -0.1) is 11.3 Å². The van der Waals surface area contributed by atoms with Crippen LogP contribution in [0.3, 0.4) is 0 Å². The van der Waals surface area contributed by atoms with E-state index in [0.717, 1.165) is 11.1 Å². The van der Waals surface area contributed by atoms with Gasteiger partial charge in [0.1, 0.15) is 12.4 Å². The number of ether oxygens (including phenoxy) is 1. The minimum atomic E-state index is -0.454. The van der Waals surface area contributed by atoms with Crippen LogP contribution in [0.4, 0.5) is 15.2 Å². The molecule has 0 aliphatic heterocycles. The Morgan fingerprint density at radius 3 is 2.46 bits per heavy atom. The maximum absolute atomic E-state index is 13.2. The number of amides is 3. The molecule has 1 heterocycles. The largest absolute Gasteiger partial charge is 0.383 e. The number of rotatable bonds is 10. The first-order chi connectivity index (χ1) is 16.7. The van der Waals surface area contributed by atoms with Crippen LogP contribution in [0.25, 0.3) is 0 Å². The number of halogens is 1. The quantitative estimate of drug-likeness (QED) is 0.443. The highest BCUT2D eigenvalue weighted by Gasteiger charge is 2.20. The first-order valence-corrected chi connectivity index (χ1v) is 11.8. The van der Waals surface area contributed by atoms with Gasteiger partial charge >= 0.3 is 0 Å². The minimum absolute atomic E-state index is 0.0578. The van der Waals surface area contributed by atoms with Crippen molar-refractivity contribution in [3.63, 3.8) is 0 Å². The summed E-state index contributed by atoms with van der Waals surface area (Å²) in [7, 11) is 1.49. The van der Waals surface area contributed by atoms with E-state index in [1.165, 1.54) is 47.6 Å². The van der Waals surface area contributed by atoms with Crippen molar-refractivity contribution in [2.75, 3.05) is 37.4 Å². The molecule has 0 unspecified atom stereocenters. The van der Waals surface area contributed by atoms with E-state index in [0.29, 0.717) is 16.5 Å². The van der Waals surface area contributed by atoms with E-state index < -0.39 is 17.6 Å². The third kappa shape index (κ3) is 7.69. The van der Waals surface area contributed by atoms with Crippen LogP contribution in [0.1, 0.15) is 27.2 Å². The van der Waals surface area contributed by atoms with Crippen LogP contribution < -0.4 is 10.6 Å². The van der Waals surface area contributed by atoms with Crippen LogP contribution >= 0.6 is 11.3 Å². The minimum Gasteiger partial charge on any atom is -0.383 e. The van der Waals surface area contributed by atoms with Crippen molar-refractivity contribution in [3.05, 3.63) is 76.0 Å². The zero-order valence-corrected chi connectivity index (χ0v) is 20.6. The molecule has 0 aliphatic carbocycles. The van der Waals surface area contributed by atoms with E-state index in [1.807, 2.05) is 32.0 Å². The lowest BCUT2D eigenvalue weighted by Gasteiger charge is -2.21. The highest BCUT2D eigenvalue weighted by atomic mass is 32.1. The first kappa shape index (κ1) is 26.0. The van der Waals surface area contributed by atoms with Gasteiger partial charge in [0, 0.05) is 30.3 Å². The number of aryl methyl sites for hydroxylation is 2. The average Bonchev–Trinajstić information content (AvgIpc) is 3.25. The fraction of sp³-hybridized carbons (Fsp3) is 0.280. The average molecular weight is 499 g/mol. The SMILES string of the molecule is COCCN(CC(=O)Nc1nc(CC(=O)Nc2ccc(C)c(C)c2)cs1)C(=O)c1ccc(F)cc1. The topological polar surface area (TPSA) is 101 Å². The highest BCUT2D eigenvalue weighted by molar-refractivity contribution is 7.13. The van der Waals surface area contributed by atoms with Gasteiger partial charge in [-0.05, 0) is 61.4 Å². The number of thiazole rings is 1. The predicted molar refractivity (Wildman–Crippen MR) is 133 cm³/mol. The van der Waals surface area contributed by atoms with E-state index in [-0.39, 0.29) is 37.6 Å². The molecule has 0 saturated carbocycles. The number of hydrogen-bond donors (Lipinski definition) is 2. The normalized spacial score (nSPS) is 10.6. The van der Waals surface area contributed by atoms with Gasteiger partial charge in [0.25, 0.3) is 5.91 Å². The number of hydrogen-bond acceptors (Lipinski definition) is 6. The van der Waals surface area contributed by atoms with Crippen LogP contribution in [0.5, 0.6) is 0 Å². The number of methoxy groups -OCH3 is 1. The standard InChI is InChI=1S/C25H27FN4O4S/c1-16-4-9-20(12-17(16)2)27-22(31)13-21-15-35-25(28-21)29-23(32)14-30(10-11-34-3)24(33)18-5-7-19(26)8-6-18/h4-9,12,15H,10-11,13-14H2,1-3H3,(H,27,31)(H,28,29,32). The lowest BCUT2D eigenvalue weighted by atomic mass is 10.1. The monoisotopic (exact) mass is 498 g/mol. The molecule has 3 rings (SSSR count). The highest BCUT2D eigenvalue weighted by Crippen LogP contribution is 2.18. The van der Waals surface area contributed by atoms with Crippen LogP contribution in [-0.4, -0.2) is 54.4 Å². The zero-order chi connectivity index (χ0) is 25.4. The fourth-order valence-corrected chi connectivity index (χ4v) is 3.92. The molecule has 0 atom stereocenters. The summed E-state index contributed by atoms with van der Waals surface area (Å²) in [4.78, 5) is 43.4. The van der Waals surface area contributed by atoms with Crippen molar-refractivity contribution >= 4 is 39.9 Å². The van der Waals surface area contributed by atoms with E-state index >= 15 is 0 Å². The van der Waals surface area contributed by atoms with Gasteiger partial charge in [-0.1, -0.05) is 6.07 Å². The molecule has 1 aromatic heterocycles. The molecular weight excluding hydrogens is 471 g/mol. The van der Waals surface area contributed by atoms with Gasteiger partial charge in [-0.3, -0.25) is 14.4 Å². The van der Waals surface area contributed by atoms with Crippen LogP contribution in [-0.2, 0) is 20.7 Å². The summed E-state index contributed by atoms with van der Waals surface area (Å²) in [6.45, 7) is 4.16. The van der Waals surface area contributed by atoms with Gasteiger partial charge in [0.05, 0.1) is 18.7 Å². The Hall–Kier alpha value is -3.63. The van der Waals surface area contributed by atoms with Gasteiger partial charge in [-0.2, -0.15) is 0 Å². The van der Waals surface area contributed by atoms with Crippen molar-refractivity contribution in [1.29, 1.82) is 0 Å². The van der Waals surface area contributed by atoms with Crippen molar-refractivity contribution < 1.29 is 23.5 Å². The Morgan fingerprint density at radius 2 is 1.77 bits per heavy atom. The Balaban J connectivity index is 1.57. The van der Waals surface area contributed by atoms with Crippen LogP contribution in [0.15, 0.2) is 47.8 Å². The maximum atomic E-state index is 13.2. The second-order valence-corrected chi connectivity index (χ2v) is 8.80.